The van der Waals surface area contributed by atoms with E-state index in [1.54, 1.807) is 24.3 Å². The van der Waals surface area contributed by atoms with Crippen molar-refractivity contribution in [2.24, 2.45) is 0 Å². The number of hydrogen-bond donors (Lipinski definition) is 1. The molecule has 43 heavy (non-hydrogen) atoms. The maximum Gasteiger partial charge on any atom is 0.491 e. The molecule has 5 heterocycles. The Hall–Kier alpha value is -4.05. The normalized spacial score (nSPS) is 14.6. The van der Waals surface area contributed by atoms with E-state index in [4.69, 9.17) is 34.8 Å². The molecule has 0 aliphatic carbocycles. The molecular weight excluding hydrogens is 658 g/mol. The van der Waals surface area contributed by atoms with Gasteiger partial charge in [-0.25, -0.2) is 14.6 Å². The minimum absolute atomic E-state index is 0.0670. The number of imidazole rings is 1. The number of aromatic nitrogens is 7. The monoisotopic (exact) mass is 669 g/mol. The number of pyridine rings is 1. The smallest absolute Gasteiger partial charge is 0.382 e. The van der Waals surface area contributed by atoms with Crippen molar-refractivity contribution < 1.29 is 27.5 Å². The number of ether oxygens (including phenoxy) is 1. The van der Waals surface area contributed by atoms with Crippen LogP contribution in [0.3, 0.4) is 0 Å². The number of halogens is 6. The molecule has 0 radical (unpaired) electrons. The van der Waals surface area contributed by atoms with Crippen LogP contribution >= 0.6 is 46.1 Å². The number of carbonyl (C=O) groups is 2. The lowest BCUT2D eigenvalue weighted by molar-refractivity contribution is -0.193. The summed E-state index contributed by atoms with van der Waals surface area (Å²) in [5.74, 6) is -3.76. The number of thiophene rings is 1. The Morgan fingerprint density at radius 2 is 1.88 bits per heavy atom. The number of H-pyrrole nitrogens is 1. The first-order valence-corrected chi connectivity index (χ1v) is 14.0. The van der Waals surface area contributed by atoms with Gasteiger partial charge in [0.1, 0.15) is 32.9 Å². The zero-order chi connectivity index (χ0) is 30.6. The summed E-state index contributed by atoms with van der Waals surface area (Å²) in [5, 5.41) is 11.7. The maximum atomic E-state index is 13.6. The van der Waals surface area contributed by atoms with Gasteiger partial charge in [-0.05, 0) is 59.7 Å². The van der Waals surface area contributed by atoms with Gasteiger partial charge in [0.25, 0.3) is 5.56 Å². The van der Waals surface area contributed by atoms with Crippen molar-refractivity contribution in [1.29, 1.82) is 0 Å². The molecule has 0 saturated heterocycles. The summed E-state index contributed by atoms with van der Waals surface area (Å²) in [7, 11) is 0. The highest BCUT2D eigenvalue weighted by Crippen LogP contribution is 2.39. The highest BCUT2D eigenvalue weighted by Gasteiger charge is 2.43. The lowest BCUT2D eigenvalue weighted by Gasteiger charge is -2.16. The molecule has 0 unspecified atom stereocenters. The third kappa shape index (κ3) is 5.33. The first-order chi connectivity index (χ1) is 20.4. The van der Waals surface area contributed by atoms with Crippen LogP contribution in [0.5, 0.6) is 0 Å². The third-order valence-electron chi connectivity index (χ3n) is 6.54. The summed E-state index contributed by atoms with van der Waals surface area (Å²) in [6.07, 6.45) is -2.96. The predicted molar refractivity (Wildman–Crippen MR) is 149 cm³/mol. The molecule has 220 valence electrons. The van der Waals surface area contributed by atoms with Crippen molar-refractivity contribution in [1.82, 2.24) is 34.7 Å². The van der Waals surface area contributed by atoms with E-state index < -0.39 is 29.7 Å². The topological polar surface area (TPSA) is 138 Å². The first kappa shape index (κ1) is 29.0. The molecule has 0 spiro atoms. The van der Waals surface area contributed by atoms with Gasteiger partial charge in [0.2, 0.25) is 0 Å². The van der Waals surface area contributed by atoms with Gasteiger partial charge in [-0.15, -0.1) is 16.4 Å². The van der Waals surface area contributed by atoms with Gasteiger partial charge < -0.3 is 14.3 Å². The van der Waals surface area contributed by atoms with Crippen LogP contribution in [0.25, 0.3) is 27.4 Å². The van der Waals surface area contributed by atoms with Crippen LogP contribution in [0, 0.1) is 0 Å². The van der Waals surface area contributed by atoms with Gasteiger partial charge in [0.05, 0.1) is 16.6 Å². The molecule has 6 rings (SSSR count). The van der Waals surface area contributed by atoms with Crippen LogP contribution in [0.1, 0.15) is 33.7 Å². The fraction of sp³-hybridized carbons (Fsp3) is 0.160. The molecule has 0 saturated carbocycles. The summed E-state index contributed by atoms with van der Waals surface area (Å²) < 4.78 is 44.2. The molecular formula is C25H13Cl3F3N7O4S. The van der Waals surface area contributed by atoms with Crippen LogP contribution < -0.4 is 5.56 Å². The number of aromatic amines is 1. The minimum atomic E-state index is -5.32. The van der Waals surface area contributed by atoms with Crippen molar-refractivity contribution >= 4 is 58.1 Å². The third-order valence-corrected chi connectivity index (χ3v) is 8.49. The van der Waals surface area contributed by atoms with E-state index in [0.29, 0.717) is 51.1 Å². The molecule has 0 amide bonds. The Kier molecular flexibility index (Phi) is 7.36. The molecule has 11 nitrogen and oxygen atoms in total. The van der Waals surface area contributed by atoms with E-state index in [9.17, 15) is 27.6 Å². The zero-order valence-corrected chi connectivity index (χ0v) is 24.1. The van der Waals surface area contributed by atoms with Crippen molar-refractivity contribution in [2.45, 2.75) is 25.1 Å². The first-order valence-electron chi connectivity index (χ1n) is 12.1. The largest absolute Gasteiger partial charge is 0.491 e. The van der Waals surface area contributed by atoms with E-state index in [1.165, 1.54) is 27.7 Å². The summed E-state index contributed by atoms with van der Waals surface area (Å²) in [4.78, 5) is 44.2. The number of benzene rings is 1. The SMILES string of the molecule is O=C(OC(=O)C(F)(F)F)c1ccc(-c2nc([C@@H]3CCc4cc(-c5cc(Cl)ccc5-n5cnnn5)c(Cl)c(=O)n43)[nH]c2Cl)s1. The maximum absolute atomic E-state index is 13.6. The van der Waals surface area contributed by atoms with E-state index in [2.05, 4.69) is 30.2 Å². The van der Waals surface area contributed by atoms with E-state index in [-0.39, 0.29) is 20.7 Å². The molecule has 18 heteroatoms. The molecule has 1 aliphatic heterocycles. The van der Waals surface area contributed by atoms with E-state index in [1.807, 2.05) is 0 Å². The highest BCUT2D eigenvalue weighted by atomic mass is 35.5. The average molecular weight is 671 g/mol. The number of hydrogen-bond acceptors (Lipinski definition) is 9. The minimum Gasteiger partial charge on any atom is -0.382 e. The standard InChI is InChI=1S/C25H13Cl3F3N7O4S/c26-10-1-3-14(37-9-32-35-36-37)12(7-10)13-8-11-2-4-15(38(11)22(39)18(13)27)21-33-19(20(28)34-21)16-5-6-17(43-16)23(40)42-24(41)25(29,30)31/h1,3,5-9,15H,2,4H2,(H,33,34)/t15-/m0/s1. The quantitative estimate of drug-likeness (QED) is 0.186. The molecule has 0 fully saturated rings. The second-order valence-corrected chi connectivity index (χ2v) is 11.4. The molecule has 1 aliphatic rings. The summed E-state index contributed by atoms with van der Waals surface area (Å²) in [6.45, 7) is 0. The van der Waals surface area contributed by atoms with Crippen LogP contribution in [0.2, 0.25) is 15.2 Å². The lowest BCUT2D eigenvalue weighted by atomic mass is 10.0. The van der Waals surface area contributed by atoms with Crippen LogP contribution in [-0.2, 0) is 16.0 Å². The second-order valence-electron chi connectivity index (χ2n) is 9.13. The molecule has 5 aromatic rings. The van der Waals surface area contributed by atoms with Gasteiger partial charge in [-0.3, -0.25) is 4.79 Å². The second kappa shape index (κ2) is 10.9. The van der Waals surface area contributed by atoms with Crippen molar-refractivity contribution in [3.05, 3.63) is 84.7 Å². The van der Waals surface area contributed by atoms with Gasteiger partial charge in [0, 0.05) is 21.8 Å². The van der Waals surface area contributed by atoms with Gasteiger partial charge >= 0.3 is 18.1 Å². The summed E-state index contributed by atoms with van der Waals surface area (Å²) >= 11 is 20.1. The van der Waals surface area contributed by atoms with Gasteiger partial charge in [0.15, 0.2) is 0 Å². The number of nitrogens with one attached hydrogen (secondary N) is 1. The fourth-order valence-corrected chi connectivity index (χ4v) is 6.30. The summed E-state index contributed by atoms with van der Waals surface area (Å²) in [6, 6.07) is 8.82. The number of fused-ring (bicyclic) bond motifs is 1. The predicted octanol–water partition coefficient (Wildman–Crippen LogP) is 5.68. The van der Waals surface area contributed by atoms with Gasteiger partial charge in [-0.1, -0.05) is 34.8 Å². The number of esters is 2. The number of carbonyl (C=O) groups excluding carboxylic acids is 2. The highest BCUT2D eigenvalue weighted by molar-refractivity contribution is 7.17. The fourth-order valence-electron chi connectivity index (χ4n) is 4.71. The van der Waals surface area contributed by atoms with Crippen molar-refractivity contribution in [3.63, 3.8) is 0 Å². The Labute approximate surface area is 256 Å². The number of aryl methyl sites for hydroxylation is 1. The molecule has 4 aromatic heterocycles. The molecule has 1 N–H and O–H groups in total. The Morgan fingerprint density at radius 3 is 2.60 bits per heavy atom. The van der Waals surface area contributed by atoms with Crippen LogP contribution in [0.15, 0.2) is 47.5 Å². The Balaban J connectivity index is 1.33. The molecule has 0 bridgehead atoms. The lowest BCUT2D eigenvalue weighted by Crippen LogP contribution is -2.27. The molecule has 1 aromatic carbocycles. The number of tetrazole rings is 1. The van der Waals surface area contributed by atoms with Crippen molar-refractivity contribution in [2.75, 3.05) is 0 Å². The zero-order valence-electron chi connectivity index (χ0n) is 21.0. The summed E-state index contributed by atoms with van der Waals surface area (Å²) in [5.41, 5.74) is 1.91. The number of alkyl halides is 3. The van der Waals surface area contributed by atoms with E-state index in [0.717, 1.165) is 11.3 Å². The number of rotatable bonds is 5. The Bertz CT molecular complexity index is 1970. The van der Waals surface area contributed by atoms with Gasteiger partial charge in [-0.2, -0.15) is 17.9 Å². The van der Waals surface area contributed by atoms with Crippen LogP contribution in [-0.4, -0.2) is 52.9 Å². The average Bonchev–Trinajstić information content (AvgIpc) is 3.76. The molecule has 1 atom stereocenters. The van der Waals surface area contributed by atoms with E-state index >= 15 is 0 Å². The van der Waals surface area contributed by atoms with Crippen molar-refractivity contribution in [3.8, 4) is 27.4 Å². The van der Waals surface area contributed by atoms with Crippen LogP contribution in [0.4, 0.5) is 13.2 Å². The number of nitrogens with zero attached hydrogens (tertiary/aromatic N) is 6. The Morgan fingerprint density at radius 1 is 1.09 bits per heavy atom.